The van der Waals surface area contributed by atoms with Crippen LogP contribution in [0.15, 0.2) is 48.5 Å². The molecule has 162 valence electrons. The molecule has 0 aliphatic heterocycles. The van der Waals surface area contributed by atoms with Crippen LogP contribution in [0.25, 0.3) is 11.1 Å². The lowest BCUT2D eigenvalue weighted by Crippen LogP contribution is -2.50. The number of aliphatic carboxylic acids is 1. The third kappa shape index (κ3) is 4.40. The SMILES string of the molecule is CCC(NC(=O)OCC1c2ccccc2-c2ccccc21)C(=O)N(CC(=O)O)C1CC1. The molecule has 0 bridgehead atoms. The molecule has 1 saturated carbocycles. The van der Waals surface area contributed by atoms with Gasteiger partial charge in [0.15, 0.2) is 0 Å². The highest BCUT2D eigenvalue weighted by Gasteiger charge is 2.37. The van der Waals surface area contributed by atoms with Gasteiger partial charge in [0, 0.05) is 12.0 Å². The Balaban J connectivity index is 1.41. The van der Waals surface area contributed by atoms with Crippen LogP contribution in [0, 0.1) is 0 Å². The molecule has 0 radical (unpaired) electrons. The number of ether oxygens (including phenoxy) is 1. The van der Waals surface area contributed by atoms with Gasteiger partial charge in [-0.05, 0) is 41.5 Å². The van der Waals surface area contributed by atoms with E-state index < -0.39 is 18.1 Å². The lowest BCUT2D eigenvalue weighted by Gasteiger charge is -2.26. The molecule has 0 spiro atoms. The standard InChI is InChI=1S/C24H26N2O5/c1-2-21(23(29)26(13-22(27)28)15-11-12-15)25-24(30)31-14-20-18-9-5-3-7-16(18)17-8-4-6-10-19(17)20/h3-10,15,20-21H,2,11-14H2,1H3,(H,25,30)(H,27,28). The van der Waals surface area contributed by atoms with E-state index in [4.69, 9.17) is 9.84 Å². The van der Waals surface area contributed by atoms with Crippen molar-refractivity contribution in [1.29, 1.82) is 0 Å². The largest absolute Gasteiger partial charge is 0.480 e. The average Bonchev–Trinajstić information content (AvgIpc) is 3.56. The molecule has 2 N–H and O–H groups in total. The number of nitrogens with one attached hydrogen (secondary N) is 1. The van der Waals surface area contributed by atoms with Gasteiger partial charge in [-0.1, -0.05) is 55.5 Å². The molecule has 31 heavy (non-hydrogen) atoms. The van der Waals surface area contributed by atoms with Crippen LogP contribution in [0.1, 0.15) is 43.2 Å². The molecule has 2 aliphatic rings. The van der Waals surface area contributed by atoms with E-state index in [-0.39, 0.29) is 31.0 Å². The first-order valence-electron chi connectivity index (χ1n) is 10.6. The number of fused-ring (bicyclic) bond motifs is 3. The van der Waals surface area contributed by atoms with Gasteiger partial charge in [0.05, 0.1) is 0 Å². The Hall–Kier alpha value is -3.35. The van der Waals surface area contributed by atoms with E-state index in [1.165, 1.54) is 4.90 Å². The van der Waals surface area contributed by atoms with Gasteiger partial charge in [-0.3, -0.25) is 9.59 Å². The highest BCUT2D eigenvalue weighted by Crippen LogP contribution is 2.44. The molecule has 4 rings (SSSR count). The average molecular weight is 422 g/mol. The summed E-state index contributed by atoms with van der Waals surface area (Å²) in [6.45, 7) is 1.58. The number of carbonyl (C=O) groups is 3. The number of amides is 2. The third-order valence-electron chi connectivity index (χ3n) is 5.92. The lowest BCUT2D eigenvalue weighted by atomic mass is 9.98. The number of benzene rings is 2. The number of hydrogen-bond acceptors (Lipinski definition) is 4. The van der Waals surface area contributed by atoms with Crippen LogP contribution in [-0.4, -0.2) is 53.2 Å². The number of nitrogens with zero attached hydrogens (tertiary/aromatic N) is 1. The maximum atomic E-state index is 12.8. The van der Waals surface area contributed by atoms with Crippen molar-refractivity contribution < 1.29 is 24.2 Å². The summed E-state index contributed by atoms with van der Waals surface area (Å²) in [6.07, 6.45) is 1.26. The van der Waals surface area contributed by atoms with Gasteiger partial charge in [0.25, 0.3) is 0 Å². The van der Waals surface area contributed by atoms with Gasteiger partial charge in [-0.25, -0.2) is 4.79 Å². The topological polar surface area (TPSA) is 95.9 Å². The van der Waals surface area contributed by atoms with Crippen molar-refractivity contribution in [3.05, 3.63) is 59.7 Å². The van der Waals surface area contributed by atoms with Gasteiger partial charge >= 0.3 is 12.1 Å². The minimum absolute atomic E-state index is 0.0537. The molecule has 7 heteroatoms. The molecule has 0 saturated heterocycles. The lowest BCUT2D eigenvalue weighted by molar-refractivity contribution is -0.145. The van der Waals surface area contributed by atoms with Crippen LogP contribution < -0.4 is 5.32 Å². The van der Waals surface area contributed by atoms with Crippen LogP contribution in [0.3, 0.4) is 0 Å². The predicted octanol–water partition coefficient (Wildman–Crippen LogP) is 3.38. The summed E-state index contributed by atoms with van der Waals surface area (Å²) in [7, 11) is 0. The van der Waals surface area contributed by atoms with Crippen molar-refractivity contribution in [2.75, 3.05) is 13.2 Å². The van der Waals surface area contributed by atoms with Crippen molar-refractivity contribution in [2.24, 2.45) is 0 Å². The Labute approximate surface area is 181 Å². The van der Waals surface area contributed by atoms with Crippen molar-refractivity contribution in [3.8, 4) is 11.1 Å². The number of carbonyl (C=O) groups excluding carboxylic acids is 2. The Morgan fingerprint density at radius 2 is 1.65 bits per heavy atom. The first-order valence-corrected chi connectivity index (χ1v) is 10.6. The second-order valence-electron chi connectivity index (χ2n) is 8.02. The second-order valence-corrected chi connectivity index (χ2v) is 8.02. The molecule has 7 nitrogen and oxygen atoms in total. The van der Waals surface area contributed by atoms with E-state index in [1.54, 1.807) is 6.92 Å². The molecule has 2 aromatic carbocycles. The minimum Gasteiger partial charge on any atom is -0.480 e. The molecule has 0 aromatic heterocycles. The smallest absolute Gasteiger partial charge is 0.407 e. The quantitative estimate of drug-likeness (QED) is 0.680. The maximum absolute atomic E-state index is 12.8. The van der Waals surface area contributed by atoms with Crippen molar-refractivity contribution >= 4 is 18.0 Å². The van der Waals surface area contributed by atoms with E-state index in [9.17, 15) is 14.4 Å². The summed E-state index contributed by atoms with van der Waals surface area (Å²) in [5, 5.41) is 11.7. The number of carboxylic acids is 1. The zero-order valence-electron chi connectivity index (χ0n) is 17.4. The summed E-state index contributed by atoms with van der Waals surface area (Å²) in [6, 6.07) is 15.3. The van der Waals surface area contributed by atoms with E-state index in [1.807, 2.05) is 36.4 Å². The first kappa shape index (κ1) is 20.9. The minimum atomic E-state index is -1.06. The number of rotatable bonds is 8. The molecular formula is C24H26N2O5. The van der Waals surface area contributed by atoms with Crippen LogP contribution >= 0.6 is 0 Å². The van der Waals surface area contributed by atoms with Crippen LogP contribution in [0.2, 0.25) is 0 Å². The van der Waals surface area contributed by atoms with Crippen molar-refractivity contribution in [3.63, 3.8) is 0 Å². The van der Waals surface area contributed by atoms with E-state index in [0.717, 1.165) is 35.1 Å². The first-order chi connectivity index (χ1) is 15.0. The van der Waals surface area contributed by atoms with Crippen molar-refractivity contribution in [1.82, 2.24) is 10.2 Å². The number of alkyl carbamates (subject to hydrolysis) is 1. The zero-order chi connectivity index (χ0) is 22.0. The van der Waals surface area contributed by atoms with Crippen LogP contribution in [0.4, 0.5) is 4.79 Å². The Morgan fingerprint density at radius 3 is 2.16 bits per heavy atom. The van der Waals surface area contributed by atoms with Gasteiger partial charge in [0.1, 0.15) is 19.2 Å². The fourth-order valence-electron chi connectivity index (χ4n) is 4.24. The summed E-state index contributed by atoms with van der Waals surface area (Å²) >= 11 is 0. The maximum Gasteiger partial charge on any atom is 0.407 e. The molecule has 1 unspecified atom stereocenters. The van der Waals surface area contributed by atoms with E-state index in [0.29, 0.717) is 6.42 Å². The highest BCUT2D eigenvalue weighted by molar-refractivity contribution is 5.88. The number of carboxylic acid groups (broad SMARTS) is 1. The highest BCUT2D eigenvalue weighted by atomic mass is 16.5. The Morgan fingerprint density at radius 1 is 1.06 bits per heavy atom. The summed E-state index contributed by atoms with van der Waals surface area (Å²) in [5.41, 5.74) is 4.51. The fourth-order valence-corrected chi connectivity index (χ4v) is 4.24. The Bertz CT molecular complexity index is 955. The molecule has 1 atom stereocenters. The third-order valence-corrected chi connectivity index (χ3v) is 5.92. The molecule has 2 amide bonds. The van der Waals surface area contributed by atoms with Crippen LogP contribution in [0.5, 0.6) is 0 Å². The van der Waals surface area contributed by atoms with Gasteiger partial charge < -0.3 is 20.1 Å². The van der Waals surface area contributed by atoms with Gasteiger partial charge in [-0.15, -0.1) is 0 Å². The van der Waals surface area contributed by atoms with E-state index >= 15 is 0 Å². The van der Waals surface area contributed by atoms with Gasteiger partial charge in [0.2, 0.25) is 5.91 Å². The van der Waals surface area contributed by atoms with Crippen molar-refractivity contribution in [2.45, 2.75) is 44.2 Å². The molecule has 0 heterocycles. The normalized spacial score (nSPS) is 15.5. The fraction of sp³-hybridized carbons (Fsp3) is 0.375. The summed E-state index contributed by atoms with van der Waals surface area (Å²) in [5.74, 6) is -1.50. The summed E-state index contributed by atoms with van der Waals surface area (Å²) in [4.78, 5) is 37.8. The van der Waals surface area contributed by atoms with E-state index in [2.05, 4.69) is 17.4 Å². The molecule has 2 aromatic rings. The number of hydrogen-bond donors (Lipinski definition) is 2. The molecule has 2 aliphatic carbocycles. The van der Waals surface area contributed by atoms with Crippen LogP contribution in [-0.2, 0) is 14.3 Å². The Kier molecular flexibility index (Phi) is 5.93. The molecular weight excluding hydrogens is 396 g/mol. The second kappa shape index (κ2) is 8.79. The molecule has 1 fully saturated rings. The van der Waals surface area contributed by atoms with Gasteiger partial charge in [-0.2, -0.15) is 0 Å². The zero-order valence-corrected chi connectivity index (χ0v) is 17.4. The monoisotopic (exact) mass is 422 g/mol. The predicted molar refractivity (Wildman–Crippen MR) is 115 cm³/mol. The summed E-state index contributed by atoms with van der Waals surface area (Å²) < 4.78 is 5.52.